The van der Waals surface area contributed by atoms with Crippen LogP contribution in [0.2, 0.25) is 0 Å². The van der Waals surface area contributed by atoms with E-state index in [9.17, 15) is 0 Å². The van der Waals surface area contributed by atoms with E-state index in [1.807, 2.05) is 22.7 Å². The third kappa shape index (κ3) is 14.8. The fourth-order valence-electron chi connectivity index (χ4n) is 10.7. The van der Waals surface area contributed by atoms with Crippen molar-refractivity contribution in [1.82, 2.24) is 0 Å². The molecule has 0 radical (unpaired) electrons. The first-order valence-corrected chi connectivity index (χ1v) is 32.3. The highest BCUT2D eigenvalue weighted by Gasteiger charge is 2.26. The summed E-state index contributed by atoms with van der Waals surface area (Å²) in [6.45, 7) is 14.2. The van der Waals surface area contributed by atoms with Crippen LogP contribution in [0.1, 0.15) is 246 Å². The van der Waals surface area contributed by atoms with Gasteiger partial charge in [0.25, 0.3) is 0 Å². The van der Waals surface area contributed by atoms with E-state index in [-0.39, 0.29) is 7.43 Å². The minimum atomic E-state index is 0. The van der Waals surface area contributed by atoms with E-state index in [0.29, 0.717) is 0 Å². The average Bonchev–Trinajstić information content (AvgIpc) is 4.18. The molecule has 0 bridgehead atoms. The molecule has 0 atom stereocenters. The number of benzene rings is 1. The fourth-order valence-corrected chi connectivity index (χ4v) is 18.9. The minimum absolute atomic E-state index is 0. The second-order valence-electron chi connectivity index (χ2n) is 20.2. The Balaban J connectivity index is 0.00000741. The van der Waals surface area contributed by atoms with Gasteiger partial charge in [0.2, 0.25) is 0 Å². The molecule has 0 aliphatic rings. The van der Waals surface area contributed by atoms with Gasteiger partial charge in [-0.1, -0.05) is 201 Å². The number of fused-ring (bicyclic) bond motifs is 6. The monoisotopic (exact) mass is 1010 g/mol. The van der Waals surface area contributed by atoms with E-state index in [1.165, 1.54) is 236 Å². The quantitative estimate of drug-likeness (QED) is 0.0353. The summed E-state index contributed by atoms with van der Waals surface area (Å²) in [5.74, 6) is 0. The van der Waals surface area contributed by atoms with E-state index < -0.39 is 0 Å². The summed E-state index contributed by atoms with van der Waals surface area (Å²) in [5, 5.41) is 3.14. The van der Waals surface area contributed by atoms with Crippen LogP contribution in [0.3, 0.4) is 0 Å². The third-order valence-electron chi connectivity index (χ3n) is 14.7. The third-order valence-corrected chi connectivity index (χ3v) is 22.6. The van der Waals surface area contributed by atoms with Crippen LogP contribution >= 0.6 is 68.0 Å². The average molecular weight is 1020 g/mol. The van der Waals surface area contributed by atoms with E-state index in [4.69, 9.17) is 0 Å². The fraction of sp³-hybridized carbons (Fsp3) is 0.639. The zero-order valence-corrected chi connectivity index (χ0v) is 47.3. The summed E-state index contributed by atoms with van der Waals surface area (Å²) >= 11 is 12.4. The topological polar surface area (TPSA) is 0 Å². The first kappa shape index (κ1) is 54.8. The van der Waals surface area contributed by atoms with Crippen LogP contribution < -0.4 is 0 Å². The number of hydrogen-bond acceptors (Lipinski definition) is 6. The molecule has 0 unspecified atom stereocenters. The maximum Gasteiger partial charge on any atom is 0.0542 e. The molecule has 67 heavy (non-hydrogen) atoms. The van der Waals surface area contributed by atoms with Crippen LogP contribution in [0.15, 0.2) is 24.3 Å². The molecule has 1 aromatic carbocycles. The molecule has 0 saturated heterocycles. The molecule has 0 aliphatic heterocycles. The van der Waals surface area contributed by atoms with Gasteiger partial charge in [-0.05, 0) is 99.9 Å². The lowest BCUT2D eigenvalue weighted by Gasteiger charge is -2.06. The van der Waals surface area contributed by atoms with Crippen LogP contribution in [-0.4, -0.2) is 0 Å². The van der Waals surface area contributed by atoms with Gasteiger partial charge in [-0.3, -0.25) is 0 Å². The Kier molecular flexibility index (Phi) is 23.8. The van der Waals surface area contributed by atoms with Gasteiger partial charge in [-0.15, -0.1) is 68.0 Å². The summed E-state index contributed by atoms with van der Waals surface area (Å²) in [5.41, 5.74) is 6.38. The van der Waals surface area contributed by atoms with Gasteiger partial charge in [0, 0.05) is 54.1 Å². The molecule has 0 spiro atoms. The van der Waals surface area contributed by atoms with Crippen molar-refractivity contribution in [3.63, 3.8) is 0 Å². The number of rotatable bonds is 34. The van der Waals surface area contributed by atoms with Crippen LogP contribution in [0, 0.1) is 27.7 Å². The summed E-state index contributed by atoms with van der Waals surface area (Å²) < 4.78 is 9.46. The Bertz CT molecular complexity index is 2490. The molecule has 0 amide bonds. The zero-order valence-electron chi connectivity index (χ0n) is 42.4. The molecule has 0 N–H and O–H groups in total. The predicted molar refractivity (Wildman–Crippen MR) is 318 cm³/mol. The summed E-state index contributed by atoms with van der Waals surface area (Å²) in [6, 6.07) is 9.43. The highest BCUT2D eigenvalue weighted by Crippen LogP contribution is 2.55. The SMILES string of the molecule is C.CCCCCCCCCCCCCCCCCc1c(C)sc2c1sc1c(C)c3c(sc4c(CCCCCCCCCCCCCCCCC)c(-c5ccc(-c6ccc(C)s6)s5)sc43)c(C)c12. The number of hydrogen-bond donors (Lipinski definition) is 0. The Hall–Kier alpha value is -1.54. The first-order chi connectivity index (χ1) is 32.4. The van der Waals surface area contributed by atoms with Crippen molar-refractivity contribution in [2.45, 2.75) is 254 Å². The van der Waals surface area contributed by atoms with Gasteiger partial charge < -0.3 is 0 Å². The van der Waals surface area contributed by atoms with Crippen LogP contribution in [0.5, 0.6) is 0 Å². The lowest BCUT2D eigenvalue weighted by molar-refractivity contribution is 0.532. The molecule has 370 valence electrons. The van der Waals surface area contributed by atoms with Gasteiger partial charge in [0.05, 0.1) is 14.1 Å². The molecular formula is C61H90S6. The Labute approximate surface area is 433 Å². The smallest absolute Gasteiger partial charge is 0.0542 e. The highest BCUT2D eigenvalue weighted by atomic mass is 32.1. The van der Waals surface area contributed by atoms with Crippen molar-refractivity contribution in [1.29, 1.82) is 0 Å². The molecule has 6 heteroatoms. The van der Waals surface area contributed by atoms with E-state index in [1.54, 1.807) is 59.9 Å². The summed E-state index contributed by atoms with van der Waals surface area (Å²) in [4.78, 5) is 8.83. The second-order valence-corrected chi connectivity index (χ2v) is 26.9. The Morgan fingerprint density at radius 2 is 0.672 bits per heavy atom. The van der Waals surface area contributed by atoms with Crippen molar-refractivity contribution in [3.8, 4) is 19.5 Å². The van der Waals surface area contributed by atoms with Gasteiger partial charge in [-0.25, -0.2) is 0 Å². The Morgan fingerprint density at radius 1 is 0.313 bits per heavy atom. The van der Waals surface area contributed by atoms with E-state index in [2.05, 4.69) is 111 Å². The number of thiophene rings is 6. The van der Waals surface area contributed by atoms with Crippen LogP contribution in [0.25, 0.3) is 58.5 Å². The standard InChI is InChI=1S/C60H86S6.CH4/c1-7-9-11-13-15-17-19-21-23-25-27-29-31-33-35-37-47-46(6)62-59-52-44(4)55-53(45(5)54(52)64-57(47)59)60-58(65-55)48(56(66-60)51-42-41-50(63-51)49-40-39-43(3)61-49)38-36-34-32-30-28-26-24-22-20-18-16-14-12-10-8-2;/h39-42H,7-38H2,1-6H3;1H4. The molecule has 6 aromatic heterocycles. The van der Waals surface area contributed by atoms with Crippen LogP contribution in [-0.2, 0) is 12.8 Å². The second kappa shape index (κ2) is 29.1. The van der Waals surface area contributed by atoms with Gasteiger partial charge in [0.1, 0.15) is 0 Å². The summed E-state index contributed by atoms with van der Waals surface area (Å²) in [7, 11) is 0. The zero-order chi connectivity index (χ0) is 46.1. The molecule has 0 nitrogen and oxygen atoms in total. The molecule has 0 saturated carbocycles. The largest absolute Gasteiger partial charge is 0.140 e. The Morgan fingerprint density at radius 3 is 1.10 bits per heavy atom. The molecule has 7 aromatic rings. The highest BCUT2D eigenvalue weighted by molar-refractivity contribution is 7.36. The minimum Gasteiger partial charge on any atom is -0.140 e. The molecule has 7 rings (SSSR count). The lowest BCUT2D eigenvalue weighted by Crippen LogP contribution is -1.87. The van der Waals surface area contributed by atoms with Gasteiger partial charge in [0.15, 0.2) is 0 Å². The van der Waals surface area contributed by atoms with E-state index in [0.717, 1.165) is 0 Å². The normalized spacial score (nSPS) is 12.0. The predicted octanol–water partition coefficient (Wildman–Crippen LogP) is 24.7. The first-order valence-electron chi connectivity index (χ1n) is 27.4. The molecule has 0 aliphatic carbocycles. The van der Waals surface area contributed by atoms with Crippen molar-refractivity contribution in [2.75, 3.05) is 0 Å². The number of aryl methyl sites for hydroxylation is 6. The van der Waals surface area contributed by atoms with Crippen molar-refractivity contribution >= 4 is 107 Å². The molecule has 6 heterocycles. The van der Waals surface area contributed by atoms with E-state index >= 15 is 0 Å². The number of unbranched alkanes of at least 4 members (excludes halogenated alkanes) is 28. The van der Waals surface area contributed by atoms with Crippen molar-refractivity contribution in [3.05, 3.63) is 56.3 Å². The van der Waals surface area contributed by atoms with Gasteiger partial charge >= 0.3 is 0 Å². The van der Waals surface area contributed by atoms with Crippen molar-refractivity contribution < 1.29 is 0 Å². The van der Waals surface area contributed by atoms with Crippen LogP contribution in [0.4, 0.5) is 0 Å². The summed E-state index contributed by atoms with van der Waals surface area (Å²) in [6.07, 6.45) is 45.1. The maximum absolute atomic E-state index is 2.47. The maximum atomic E-state index is 2.47. The molecular weight excluding hydrogens is 925 g/mol. The van der Waals surface area contributed by atoms with Crippen molar-refractivity contribution in [2.24, 2.45) is 0 Å². The molecule has 0 fully saturated rings. The van der Waals surface area contributed by atoms with Gasteiger partial charge in [-0.2, -0.15) is 0 Å². The lowest BCUT2D eigenvalue weighted by atomic mass is 10.0.